The largest absolute Gasteiger partial charge is 0.333 e. The standard InChI is InChI=1S/C18H16ClNO5S/c1-11-12(2)25-18(24-11)13-7-3-5-9-15(13)20(17(18)21)26(22,23)16-10-6-4-8-14(16)19/h3-12H,1-2H3/t11-,12-/m0/s1. The zero-order chi connectivity index (χ0) is 18.7. The van der Waals surface area contributed by atoms with Crippen LogP contribution in [0.2, 0.25) is 5.02 Å². The second-order valence-electron chi connectivity index (χ2n) is 6.28. The number of carbonyl (C=O) groups is 1. The van der Waals surface area contributed by atoms with Crippen molar-refractivity contribution in [3.63, 3.8) is 0 Å². The van der Waals surface area contributed by atoms with Gasteiger partial charge in [0.1, 0.15) is 4.90 Å². The van der Waals surface area contributed by atoms with E-state index in [2.05, 4.69) is 0 Å². The minimum absolute atomic E-state index is 0.0359. The second kappa shape index (κ2) is 5.79. The molecule has 0 saturated carbocycles. The molecular formula is C18H16ClNO5S. The Kier molecular flexibility index (Phi) is 3.89. The molecule has 136 valence electrons. The summed E-state index contributed by atoms with van der Waals surface area (Å²) in [5.41, 5.74) is 0.579. The molecule has 2 aliphatic rings. The van der Waals surface area contributed by atoms with Crippen molar-refractivity contribution >= 4 is 33.2 Å². The van der Waals surface area contributed by atoms with Crippen molar-refractivity contribution in [2.45, 2.75) is 36.7 Å². The van der Waals surface area contributed by atoms with Gasteiger partial charge in [-0.3, -0.25) is 4.79 Å². The van der Waals surface area contributed by atoms with E-state index in [1.165, 1.54) is 12.1 Å². The zero-order valence-electron chi connectivity index (χ0n) is 14.0. The lowest BCUT2D eigenvalue weighted by molar-refractivity contribution is -0.188. The third kappa shape index (κ3) is 2.24. The van der Waals surface area contributed by atoms with Gasteiger partial charge in [-0.25, -0.2) is 8.42 Å². The smallest absolute Gasteiger partial charge is 0.306 e. The summed E-state index contributed by atoms with van der Waals surface area (Å²) in [5.74, 6) is -2.56. The highest BCUT2D eigenvalue weighted by atomic mass is 35.5. The lowest BCUT2D eigenvalue weighted by Gasteiger charge is -2.23. The van der Waals surface area contributed by atoms with Gasteiger partial charge >= 0.3 is 5.91 Å². The monoisotopic (exact) mass is 393 g/mol. The van der Waals surface area contributed by atoms with Crippen LogP contribution in [0.15, 0.2) is 53.4 Å². The molecule has 0 aliphatic carbocycles. The van der Waals surface area contributed by atoms with Crippen molar-refractivity contribution in [1.82, 2.24) is 0 Å². The molecule has 0 N–H and O–H groups in total. The van der Waals surface area contributed by atoms with Gasteiger partial charge in [-0.05, 0) is 32.0 Å². The van der Waals surface area contributed by atoms with E-state index in [4.69, 9.17) is 21.1 Å². The van der Waals surface area contributed by atoms with Gasteiger partial charge < -0.3 is 9.47 Å². The first-order valence-electron chi connectivity index (χ1n) is 8.08. The van der Waals surface area contributed by atoms with Gasteiger partial charge in [-0.1, -0.05) is 41.9 Å². The van der Waals surface area contributed by atoms with Crippen molar-refractivity contribution in [2.24, 2.45) is 0 Å². The Balaban J connectivity index is 1.92. The zero-order valence-corrected chi connectivity index (χ0v) is 15.6. The van der Waals surface area contributed by atoms with Gasteiger partial charge in [0.25, 0.3) is 15.8 Å². The molecule has 6 nitrogen and oxygen atoms in total. The van der Waals surface area contributed by atoms with Crippen LogP contribution in [0.1, 0.15) is 19.4 Å². The summed E-state index contributed by atoms with van der Waals surface area (Å²) >= 11 is 6.08. The normalized spacial score (nSPS) is 24.3. The predicted molar refractivity (Wildman–Crippen MR) is 95.3 cm³/mol. The molecule has 2 heterocycles. The fourth-order valence-electron chi connectivity index (χ4n) is 3.25. The molecule has 1 spiro atoms. The average Bonchev–Trinajstić information content (AvgIpc) is 3.03. The Bertz CT molecular complexity index is 996. The second-order valence-corrected chi connectivity index (χ2v) is 8.45. The molecule has 8 heteroatoms. The summed E-state index contributed by atoms with van der Waals surface area (Å²) in [6, 6.07) is 12.5. The summed E-state index contributed by atoms with van der Waals surface area (Å²) in [4.78, 5) is 13.1. The molecule has 2 aliphatic heterocycles. The molecule has 0 bridgehead atoms. The molecule has 1 saturated heterocycles. The Morgan fingerprint density at radius 2 is 1.58 bits per heavy atom. The Morgan fingerprint density at radius 3 is 2.23 bits per heavy atom. The van der Waals surface area contributed by atoms with Crippen LogP contribution in [0.4, 0.5) is 5.69 Å². The number of nitrogens with zero attached hydrogens (tertiary/aromatic N) is 1. The first kappa shape index (κ1) is 17.5. The van der Waals surface area contributed by atoms with E-state index >= 15 is 0 Å². The molecule has 26 heavy (non-hydrogen) atoms. The molecule has 0 aromatic heterocycles. The van der Waals surface area contributed by atoms with Gasteiger partial charge in [0.05, 0.1) is 22.9 Å². The number of sulfonamides is 1. The molecule has 0 unspecified atom stereocenters. The van der Waals surface area contributed by atoms with E-state index in [0.717, 1.165) is 4.31 Å². The molecule has 4 rings (SSSR count). The number of amides is 1. The van der Waals surface area contributed by atoms with Crippen molar-refractivity contribution in [2.75, 3.05) is 4.31 Å². The molecule has 1 amide bonds. The van der Waals surface area contributed by atoms with Crippen LogP contribution in [0.25, 0.3) is 0 Å². The number of hydrogen-bond donors (Lipinski definition) is 0. The highest BCUT2D eigenvalue weighted by Gasteiger charge is 2.62. The van der Waals surface area contributed by atoms with E-state index in [1.54, 1.807) is 50.2 Å². The van der Waals surface area contributed by atoms with Crippen molar-refractivity contribution in [1.29, 1.82) is 0 Å². The van der Waals surface area contributed by atoms with Crippen LogP contribution in [-0.2, 0) is 30.1 Å². The number of anilines is 1. The Hall–Kier alpha value is -1.93. The molecule has 2 aromatic carbocycles. The minimum Gasteiger partial charge on any atom is -0.333 e. The van der Waals surface area contributed by atoms with Gasteiger partial charge in [0.15, 0.2) is 0 Å². The van der Waals surface area contributed by atoms with E-state index < -0.39 is 21.7 Å². The first-order chi connectivity index (χ1) is 12.3. The quantitative estimate of drug-likeness (QED) is 0.784. The highest BCUT2D eigenvalue weighted by molar-refractivity contribution is 7.93. The Morgan fingerprint density at radius 1 is 1.00 bits per heavy atom. The van der Waals surface area contributed by atoms with Crippen LogP contribution in [0.3, 0.4) is 0 Å². The molecule has 1 fully saturated rings. The summed E-state index contributed by atoms with van der Waals surface area (Å²) in [7, 11) is -4.24. The maximum atomic E-state index is 13.3. The summed E-state index contributed by atoms with van der Waals surface area (Å²) < 4.78 is 38.9. The molecular weight excluding hydrogens is 378 g/mol. The van der Waals surface area contributed by atoms with Gasteiger partial charge in [-0.2, -0.15) is 4.31 Å². The predicted octanol–water partition coefficient (Wildman–Crippen LogP) is 3.05. The maximum Gasteiger partial charge on any atom is 0.306 e. The SMILES string of the molecule is C[C@@H]1OC2(O[C@H]1C)C(=O)N(S(=O)(=O)c1ccccc1Cl)c1ccccc12. The topological polar surface area (TPSA) is 72.9 Å². The fraction of sp³-hybridized carbons (Fsp3) is 0.278. The Labute approximate surface area is 156 Å². The fourth-order valence-corrected chi connectivity index (χ4v) is 5.20. The summed E-state index contributed by atoms with van der Waals surface area (Å²) in [6.07, 6.45) is -0.732. The maximum absolute atomic E-state index is 13.3. The number of ether oxygens (including phenoxy) is 2. The van der Waals surface area contributed by atoms with Crippen LogP contribution in [0.5, 0.6) is 0 Å². The van der Waals surface area contributed by atoms with Crippen LogP contribution in [-0.4, -0.2) is 26.5 Å². The average molecular weight is 394 g/mol. The number of rotatable bonds is 2. The molecule has 0 radical (unpaired) electrons. The van der Waals surface area contributed by atoms with E-state index in [1.807, 2.05) is 0 Å². The summed E-state index contributed by atoms with van der Waals surface area (Å²) in [5, 5.41) is 0.0359. The number of fused-ring (bicyclic) bond motifs is 2. The number of halogens is 1. The molecule has 2 atom stereocenters. The van der Waals surface area contributed by atoms with Crippen molar-refractivity contribution < 1.29 is 22.7 Å². The van der Waals surface area contributed by atoms with E-state index in [9.17, 15) is 13.2 Å². The van der Waals surface area contributed by atoms with Gasteiger partial charge in [0, 0.05) is 5.56 Å². The third-order valence-corrected chi connectivity index (χ3v) is 6.86. The third-order valence-electron chi connectivity index (χ3n) is 4.66. The van der Waals surface area contributed by atoms with Gasteiger partial charge in [-0.15, -0.1) is 0 Å². The minimum atomic E-state index is -4.24. The lowest BCUT2D eigenvalue weighted by Crippen LogP contribution is -2.44. The number of benzene rings is 2. The van der Waals surface area contributed by atoms with E-state index in [0.29, 0.717) is 5.56 Å². The van der Waals surface area contributed by atoms with Crippen LogP contribution in [0, 0.1) is 0 Å². The number of carbonyl (C=O) groups excluding carboxylic acids is 1. The van der Waals surface area contributed by atoms with E-state index in [-0.39, 0.29) is 27.8 Å². The summed E-state index contributed by atoms with van der Waals surface area (Å²) in [6.45, 7) is 3.56. The number of hydrogen-bond acceptors (Lipinski definition) is 5. The van der Waals surface area contributed by atoms with Crippen LogP contribution < -0.4 is 4.31 Å². The van der Waals surface area contributed by atoms with Gasteiger partial charge in [0.2, 0.25) is 0 Å². The van der Waals surface area contributed by atoms with Crippen LogP contribution >= 0.6 is 11.6 Å². The van der Waals surface area contributed by atoms with Crippen molar-refractivity contribution in [3.8, 4) is 0 Å². The highest BCUT2D eigenvalue weighted by Crippen LogP contribution is 2.50. The molecule has 2 aromatic rings. The number of para-hydroxylation sites is 1. The lowest BCUT2D eigenvalue weighted by atomic mass is 10.1. The van der Waals surface area contributed by atoms with Crippen molar-refractivity contribution in [3.05, 3.63) is 59.1 Å². The first-order valence-corrected chi connectivity index (χ1v) is 9.90.